The predicted molar refractivity (Wildman–Crippen MR) is 68.0 cm³/mol. The van der Waals surface area contributed by atoms with Gasteiger partial charge in [-0.15, -0.1) is 11.3 Å². The molecule has 108 valence electrons. The molecule has 0 fully saturated rings. The van der Waals surface area contributed by atoms with Crippen molar-refractivity contribution < 1.29 is 28.2 Å². The fraction of sp³-hybridized carbons (Fsp3) is 0.545. The summed E-state index contributed by atoms with van der Waals surface area (Å²) in [6.07, 6.45) is -5.61. The molecule has 2 unspecified atom stereocenters. The molecule has 0 aliphatic rings. The van der Waals surface area contributed by atoms with Gasteiger partial charge in [-0.25, -0.2) is 0 Å². The molecule has 2 atom stereocenters. The van der Waals surface area contributed by atoms with Crippen molar-refractivity contribution in [3.63, 3.8) is 0 Å². The van der Waals surface area contributed by atoms with Crippen LogP contribution in [0.4, 0.5) is 13.2 Å². The normalized spacial score (nSPS) is 15.3. The van der Waals surface area contributed by atoms with E-state index in [9.17, 15) is 23.1 Å². The van der Waals surface area contributed by atoms with E-state index in [0.717, 1.165) is 16.7 Å². The van der Waals surface area contributed by atoms with Gasteiger partial charge in [-0.05, 0) is 28.3 Å². The Balaban J connectivity index is 2.81. The molecule has 0 aliphatic carbocycles. The van der Waals surface area contributed by atoms with E-state index in [4.69, 9.17) is 5.11 Å². The van der Waals surface area contributed by atoms with Crippen molar-refractivity contribution in [2.24, 2.45) is 5.92 Å². The first-order valence-corrected chi connectivity index (χ1v) is 7.04. The molecule has 0 saturated heterocycles. The smallest absolute Gasteiger partial charge is 0.418 e. The van der Waals surface area contributed by atoms with E-state index in [1.54, 1.807) is 6.92 Å². The summed E-state index contributed by atoms with van der Waals surface area (Å²) in [6.45, 7) is 1.63. The van der Waals surface area contributed by atoms with E-state index >= 15 is 0 Å². The minimum atomic E-state index is -4.47. The maximum absolute atomic E-state index is 12.6. The van der Waals surface area contributed by atoms with Crippen LogP contribution in [0.2, 0.25) is 0 Å². The fourth-order valence-electron chi connectivity index (χ4n) is 1.64. The van der Waals surface area contributed by atoms with Crippen molar-refractivity contribution >= 4 is 33.2 Å². The van der Waals surface area contributed by atoms with Crippen LogP contribution in [-0.4, -0.2) is 16.2 Å². The zero-order valence-corrected chi connectivity index (χ0v) is 12.3. The number of alkyl halides is 3. The van der Waals surface area contributed by atoms with Crippen LogP contribution < -0.4 is 0 Å². The van der Waals surface area contributed by atoms with Crippen molar-refractivity contribution in [2.45, 2.75) is 32.0 Å². The summed E-state index contributed by atoms with van der Waals surface area (Å²) in [4.78, 5) is 10.7. The molecule has 0 spiro atoms. The van der Waals surface area contributed by atoms with Crippen LogP contribution in [0.15, 0.2) is 9.85 Å². The Hall–Kier alpha value is -0.600. The summed E-state index contributed by atoms with van der Waals surface area (Å²) in [5.74, 6) is -1.32. The lowest BCUT2D eigenvalue weighted by atomic mass is 9.99. The largest absolute Gasteiger partial charge is 0.481 e. The number of carboxylic acids is 1. The van der Waals surface area contributed by atoms with Crippen LogP contribution in [-0.2, 0) is 11.0 Å². The molecule has 0 saturated carbocycles. The van der Waals surface area contributed by atoms with E-state index in [0.29, 0.717) is 0 Å². The molecule has 1 aromatic rings. The van der Waals surface area contributed by atoms with Crippen LogP contribution in [0.3, 0.4) is 0 Å². The maximum Gasteiger partial charge on any atom is 0.418 e. The number of hydrogen-bond donors (Lipinski definition) is 2. The quantitative estimate of drug-likeness (QED) is 0.832. The van der Waals surface area contributed by atoms with Crippen molar-refractivity contribution in [1.29, 1.82) is 0 Å². The number of carbonyl (C=O) groups is 1. The third kappa shape index (κ3) is 4.47. The molecule has 8 heteroatoms. The summed E-state index contributed by atoms with van der Waals surface area (Å²) >= 11 is 3.65. The van der Waals surface area contributed by atoms with Crippen LogP contribution in [0.1, 0.15) is 36.3 Å². The number of thiophene rings is 1. The first-order valence-electron chi connectivity index (χ1n) is 5.36. The van der Waals surface area contributed by atoms with Gasteiger partial charge in [-0.3, -0.25) is 4.79 Å². The Morgan fingerprint density at radius 2 is 2.11 bits per heavy atom. The standard InChI is InChI=1S/C11H12BrF3O3S/c1-5(3-8(17)18)2-7(16)10-9(12)6(4-19-10)11(13,14)15/h4-5,7,16H,2-3H2,1H3,(H,17,18). The number of aliphatic hydroxyl groups is 1. The molecule has 0 aliphatic heterocycles. The van der Waals surface area contributed by atoms with Crippen molar-refractivity contribution in [2.75, 3.05) is 0 Å². The molecule has 2 N–H and O–H groups in total. The minimum Gasteiger partial charge on any atom is -0.481 e. The van der Waals surface area contributed by atoms with Crippen LogP contribution in [0.5, 0.6) is 0 Å². The Kier molecular flexibility index (Phi) is 5.40. The van der Waals surface area contributed by atoms with Crippen LogP contribution in [0, 0.1) is 5.92 Å². The van der Waals surface area contributed by atoms with Crippen LogP contribution >= 0.6 is 27.3 Å². The zero-order chi connectivity index (χ0) is 14.8. The molecule has 3 nitrogen and oxygen atoms in total. The first-order chi connectivity index (χ1) is 8.62. The fourth-order valence-corrected chi connectivity index (χ4v) is 3.64. The number of hydrogen-bond acceptors (Lipinski definition) is 3. The van der Waals surface area contributed by atoms with E-state index < -0.39 is 23.8 Å². The average Bonchev–Trinajstić information content (AvgIpc) is 2.57. The highest BCUT2D eigenvalue weighted by Gasteiger charge is 2.36. The van der Waals surface area contributed by atoms with Gasteiger partial charge in [0.2, 0.25) is 0 Å². The molecule has 1 aromatic heterocycles. The molecular weight excluding hydrogens is 349 g/mol. The third-order valence-corrected chi connectivity index (χ3v) is 4.71. The average molecular weight is 361 g/mol. The number of aliphatic carboxylic acids is 1. The van der Waals surface area contributed by atoms with E-state index in [1.807, 2.05) is 0 Å². The number of halogens is 4. The minimum absolute atomic E-state index is 0.0999. The zero-order valence-electron chi connectivity index (χ0n) is 9.87. The lowest BCUT2D eigenvalue weighted by Crippen LogP contribution is -2.09. The van der Waals surface area contributed by atoms with Crippen LogP contribution in [0.25, 0.3) is 0 Å². The predicted octanol–water partition coefficient (Wildman–Crippen LogP) is 4.06. The van der Waals surface area contributed by atoms with Gasteiger partial charge in [0.25, 0.3) is 0 Å². The summed E-state index contributed by atoms with van der Waals surface area (Å²) in [7, 11) is 0. The second-order valence-electron chi connectivity index (χ2n) is 4.28. The Morgan fingerprint density at radius 3 is 2.53 bits per heavy atom. The molecule has 19 heavy (non-hydrogen) atoms. The summed E-state index contributed by atoms with van der Waals surface area (Å²) < 4.78 is 37.6. The summed E-state index contributed by atoms with van der Waals surface area (Å²) in [5.41, 5.74) is -0.822. The van der Waals surface area contributed by atoms with Gasteiger partial charge in [0.15, 0.2) is 0 Å². The maximum atomic E-state index is 12.6. The second kappa shape index (κ2) is 6.23. The molecule has 1 rings (SSSR count). The lowest BCUT2D eigenvalue weighted by Gasteiger charge is -2.14. The van der Waals surface area contributed by atoms with Gasteiger partial charge in [0, 0.05) is 21.2 Å². The second-order valence-corrected chi connectivity index (χ2v) is 5.98. The molecule has 1 heterocycles. The van der Waals surface area contributed by atoms with E-state index in [1.165, 1.54) is 0 Å². The highest BCUT2D eigenvalue weighted by molar-refractivity contribution is 9.10. The van der Waals surface area contributed by atoms with Gasteiger partial charge in [-0.1, -0.05) is 6.92 Å². The molecule has 0 radical (unpaired) electrons. The third-order valence-electron chi connectivity index (χ3n) is 2.51. The van der Waals surface area contributed by atoms with Crippen molar-refractivity contribution in [1.82, 2.24) is 0 Å². The molecule has 0 bridgehead atoms. The Morgan fingerprint density at radius 1 is 1.53 bits per heavy atom. The molecule has 0 amide bonds. The highest BCUT2D eigenvalue weighted by Crippen LogP contribution is 2.43. The lowest BCUT2D eigenvalue weighted by molar-refractivity contribution is -0.138. The first kappa shape index (κ1) is 16.5. The summed E-state index contributed by atoms with van der Waals surface area (Å²) in [6, 6.07) is 0. The van der Waals surface area contributed by atoms with Gasteiger partial charge in [0.1, 0.15) is 0 Å². The van der Waals surface area contributed by atoms with Gasteiger partial charge < -0.3 is 10.2 Å². The van der Waals surface area contributed by atoms with Crippen molar-refractivity contribution in [3.8, 4) is 0 Å². The summed E-state index contributed by atoms with van der Waals surface area (Å²) in [5, 5.41) is 19.4. The van der Waals surface area contributed by atoms with Gasteiger partial charge in [-0.2, -0.15) is 13.2 Å². The number of aliphatic hydroxyl groups excluding tert-OH is 1. The van der Waals surface area contributed by atoms with E-state index in [-0.39, 0.29) is 28.1 Å². The van der Waals surface area contributed by atoms with Gasteiger partial charge >= 0.3 is 12.1 Å². The number of rotatable bonds is 5. The van der Waals surface area contributed by atoms with E-state index in [2.05, 4.69) is 15.9 Å². The SMILES string of the molecule is CC(CC(=O)O)CC(O)c1scc(C(F)(F)F)c1Br. The topological polar surface area (TPSA) is 57.5 Å². The monoisotopic (exact) mass is 360 g/mol. The van der Waals surface area contributed by atoms with Crippen molar-refractivity contribution in [3.05, 3.63) is 20.3 Å². The number of carboxylic acid groups (broad SMARTS) is 1. The Labute approximate surface area is 120 Å². The van der Waals surface area contributed by atoms with Gasteiger partial charge in [0.05, 0.1) is 11.7 Å². The molecular formula is C11H12BrF3O3S. The molecule has 0 aromatic carbocycles. The highest BCUT2D eigenvalue weighted by atomic mass is 79.9. The Bertz CT molecular complexity index is 459.